The highest BCUT2D eigenvalue weighted by Gasteiger charge is 2.08. The summed E-state index contributed by atoms with van der Waals surface area (Å²) < 4.78 is 13.7. The summed E-state index contributed by atoms with van der Waals surface area (Å²) in [5, 5.41) is 0.654. The van der Waals surface area contributed by atoms with Crippen molar-refractivity contribution in [3.63, 3.8) is 0 Å². The normalized spacial score (nSPS) is 10.4. The minimum Gasteiger partial charge on any atom is -0.397 e. The molecule has 1 amide bonds. The van der Waals surface area contributed by atoms with Crippen molar-refractivity contribution in [1.82, 2.24) is 4.98 Å². The number of carbonyl (C=O) groups excluding carboxylic acids is 1. The largest absolute Gasteiger partial charge is 0.397 e. The van der Waals surface area contributed by atoms with Gasteiger partial charge in [0.2, 0.25) is 5.91 Å². The number of nitrogens with two attached hydrogens (primary N) is 2. The van der Waals surface area contributed by atoms with E-state index in [0.717, 1.165) is 6.07 Å². The van der Waals surface area contributed by atoms with Gasteiger partial charge in [-0.2, -0.15) is 0 Å². The number of primary amides is 1. The number of hydrogen-bond acceptors (Lipinski definition) is 4. The molecule has 0 saturated carbocycles. The SMILES string of the molecule is NC(=O)c1ccc(CSc2ncccc2N)c(F)c1. The molecule has 1 heterocycles. The molecule has 0 unspecified atom stereocenters. The number of pyridine rings is 1. The fourth-order valence-electron chi connectivity index (χ4n) is 1.49. The summed E-state index contributed by atoms with van der Waals surface area (Å²) in [5.41, 5.74) is 12.0. The van der Waals surface area contributed by atoms with Crippen molar-refractivity contribution in [1.29, 1.82) is 0 Å². The van der Waals surface area contributed by atoms with Gasteiger partial charge in [-0.25, -0.2) is 9.37 Å². The molecule has 0 bridgehead atoms. The zero-order valence-corrected chi connectivity index (χ0v) is 10.8. The third-order valence-electron chi connectivity index (χ3n) is 2.50. The van der Waals surface area contributed by atoms with Gasteiger partial charge in [0.15, 0.2) is 0 Å². The van der Waals surface area contributed by atoms with Crippen molar-refractivity contribution >= 4 is 23.4 Å². The molecule has 6 heteroatoms. The van der Waals surface area contributed by atoms with Crippen molar-refractivity contribution in [3.05, 3.63) is 53.5 Å². The van der Waals surface area contributed by atoms with E-state index in [9.17, 15) is 9.18 Å². The van der Waals surface area contributed by atoms with Gasteiger partial charge >= 0.3 is 0 Å². The topological polar surface area (TPSA) is 82.0 Å². The standard InChI is InChI=1S/C13H12FN3OS/c14-10-6-8(12(16)18)3-4-9(10)7-19-13-11(15)2-1-5-17-13/h1-6H,7,15H2,(H2,16,18). The monoisotopic (exact) mass is 277 g/mol. The molecular formula is C13H12FN3OS. The molecule has 0 fully saturated rings. The van der Waals surface area contributed by atoms with E-state index in [2.05, 4.69) is 4.98 Å². The number of benzene rings is 1. The van der Waals surface area contributed by atoms with Gasteiger partial charge in [0.1, 0.15) is 10.8 Å². The van der Waals surface area contributed by atoms with Crippen LogP contribution in [0.1, 0.15) is 15.9 Å². The molecule has 19 heavy (non-hydrogen) atoms. The summed E-state index contributed by atoms with van der Waals surface area (Å²) in [7, 11) is 0. The van der Waals surface area contributed by atoms with Crippen LogP contribution in [-0.4, -0.2) is 10.9 Å². The number of aromatic nitrogens is 1. The van der Waals surface area contributed by atoms with Gasteiger partial charge in [0.05, 0.1) is 5.69 Å². The van der Waals surface area contributed by atoms with Crippen molar-refractivity contribution in [2.45, 2.75) is 10.8 Å². The lowest BCUT2D eigenvalue weighted by atomic mass is 10.1. The van der Waals surface area contributed by atoms with Crippen LogP contribution in [0.5, 0.6) is 0 Å². The summed E-state index contributed by atoms with van der Waals surface area (Å²) in [4.78, 5) is 15.0. The first-order valence-corrected chi connectivity index (χ1v) is 6.48. The number of hydrogen-bond donors (Lipinski definition) is 2. The molecule has 98 valence electrons. The predicted molar refractivity (Wildman–Crippen MR) is 73.1 cm³/mol. The quantitative estimate of drug-likeness (QED) is 0.839. The van der Waals surface area contributed by atoms with Gasteiger partial charge in [-0.1, -0.05) is 17.8 Å². The average Bonchev–Trinajstić information content (AvgIpc) is 2.39. The molecule has 4 N–H and O–H groups in total. The molecule has 0 atom stereocenters. The number of nitrogens with zero attached hydrogens (tertiary/aromatic N) is 1. The average molecular weight is 277 g/mol. The summed E-state index contributed by atoms with van der Waals surface area (Å²) in [6, 6.07) is 7.66. The number of rotatable bonds is 4. The van der Waals surface area contributed by atoms with E-state index in [4.69, 9.17) is 11.5 Å². The van der Waals surface area contributed by atoms with E-state index in [1.807, 2.05) is 0 Å². The Hall–Kier alpha value is -2.08. The van der Waals surface area contributed by atoms with Gasteiger partial charge in [-0.05, 0) is 29.8 Å². The Morgan fingerprint density at radius 3 is 2.79 bits per heavy atom. The molecule has 0 aliphatic rings. The molecule has 2 aromatic rings. The zero-order chi connectivity index (χ0) is 13.8. The lowest BCUT2D eigenvalue weighted by Gasteiger charge is -2.06. The van der Waals surface area contributed by atoms with Crippen LogP contribution in [0.15, 0.2) is 41.6 Å². The highest BCUT2D eigenvalue weighted by atomic mass is 32.2. The Balaban J connectivity index is 2.12. The summed E-state index contributed by atoms with van der Waals surface area (Å²) >= 11 is 1.34. The van der Waals surface area contributed by atoms with Crippen LogP contribution in [0.3, 0.4) is 0 Å². The Labute approximate surface area is 114 Å². The maximum absolute atomic E-state index is 13.7. The number of carbonyl (C=O) groups is 1. The van der Waals surface area contributed by atoms with Crippen LogP contribution in [0.4, 0.5) is 10.1 Å². The van der Waals surface area contributed by atoms with Crippen LogP contribution in [-0.2, 0) is 5.75 Å². The zero-order valence-electron chi connectivity index (χ0n) is 9.97. The molecule has 0 aliphatic heterocycles. The third kappa shape index (κ3) is 3.23. The minimum absolute atomic E-state index is 0.156. The van der Waals surface area contributed by atoms with Crippen molar-refractivity contribution in [2.75, 3.05) is 5.73 Å². The number of amides is 1. The predicted octanol–water partition coefficient (Wildman–Crippen LogP) is 2.19. The molecule has 0 aliphatic carbocycles. The van der Waals surface area contributed by atoms with Crippen LogP contribution in [0, 0.1) is 5.82 Å². The van der Waals surface area contributed by atoms with Crippen molar-refractivity contribution in [2.24, 2.45) is 5.73 Å². The summed E-state index contributed by atoms with van der Waals surface area (Å²) in [6.07, 6.45) is 1.63. The number of nitrogen functional groups attached to an aromatic ring is 1. The highest BCUT2D eigenvalue weighted by Crippen LogP contribution is 2.26. The molecule has 4 nitrogen and oxygen atoms in total. The van der Waals surface area contributed by atoms with Crippen molar-refractivity contribution < 1.29 is 9.18 Å². The Kier molecular flexibility index (Phi) is 4.01. The van der Waals surface area contributed by atoms with E-state index in [1.54, 1.807) is 24.4 Å². The van der Waals surface area contributed by atoms with Crippen LogP contribution < -0.4 is 11.5 Å². The lowest BCUT2D eigenvalue weighted by Crippen LogP contribution is -2.11. The van der Waals surface area contributed by atoms with Crippen LogP contribution >= 0.6 is 11.8 Å². The third-order valence-corrected chi connectivity index (χ3v) is 3.57. The van der Waals surface area contributed by atoms with E-state index in [1.165, 1.54) is 17.8 Å². The maximum atomic E-state index is 13.7. The van der Waals surface area contributed by atoms with Gasteiger partial charge in [0, 0.05) is 17.5 Å². The first-order valence-electron chi connectivity index (χ1n) is 5.49. The van der Waals surface area contributed by atoms with Crippen LogP contribution in [0.2, 0.25) is 0 Å². The highest BCUT2D eigenvalue weighted by molar-refractivity contribution is 7.98. The second kappa shape index (κ2) is 5.71. The Bertz CT molecular complexity index is 619. The molecule has 2 rings (SSSR count). The van der Waals surface area contributed by atoms with E-state index >= 15 is 0 Å². The molecule has 1 aromatic heterocycles. The fourth-order valence-corrected chi connectivity index (χ4v) is 2.38. The van der Waals surface area contributed by atoms with E-state index in [0.29, 0.717) is 22.0 Å². The number of thioether (sulfide) groups is 1. The summed E-state index contributed by atoms with van der Waals surface area (Å²) in [6.45, 7) is 0. The van der Waals surface area contributed by atoms with Gasteiger partial charge < -0.3 is 11.5 Å². The van der Waals surface area contributed by atoms with Gasteiger partial charge in [-0.15, -0.1) is 0 Å². The Morgan fingerprint density at radius 1 is 1.37 bits per heavy atom. The molecule has 0 saturated heterocycles. The first kappa shape index (κ1) is 13.4. The first-order chi connectivity index (χ1) is 9.08. The lowest BCUT2D eigenvalue weighted by molar-refractivity contribution is 0.1000. The molecular weight excluding hydrogens is 265 g/mol. The summed E-state index contributed by atoms with van der Waals surface area (Å²) in [5.74, 6) is -0.725. The van der Waals surface area contributed by atoms with E-state index < -0.39 is 11.7 Å². The fraction of sp³-hybridized carbons (Fsp3) is 0.0769. The Morgan fingerprint density at radius 2 is 2.16 bits per heavy atom. The van der Waals surface area contributed by atoms with Gasteiger partial charge in [0.25, 0.3) is 0 Å². The number of halogens is 1. The second-order valence-corrected chi connectivity index (χ2v) is 4.82. The smallest absolute Gasteiger partial charge is 0.248 e. The minimum atomic E-state index is -0.646. The van der Waals surface area contributed by atoms with Crippen LogP contribution in [0.25, 0.3) is 0 Å². The van der Waals surface area contributed by atoms with Gasteiger partial charge in [-0.3, -0.25) is 4.79 Å². The van der Waals surface area contributed by atoms with Crippen molar-refractivity contribution in [3.8, 4) is 0 Å². The molecule has 1 aromatic carbocycles. The maximum Gasteiger partial charge on any atom is 0.248 e. The second-order valence-electron chi connectivity index (χ2n) is 3.86. The van der Waals surface area contributed by atoms with E-state index in [-0.39, 0.29) is 5.56 Å². The number of anilines is 1. The molecule has 0 radical (unpaired) electrons. The molecule has 0 spiro atoms.